The van der Waals surface area contributed by atoms with E-state index in [4.69, 9.17) is 4.52 Å². The summed E-state index contributed by atoms with van der Waals surface area (Å²) in [6.07, 6.45) is 3.28. The normalized spacial score (nSPS) is 14.9. The highest BCUT2D eigenvalue weighted by Gasteiger charge is 2.22. The van der Waals surface area contributed by atoms with Crippen LogP contribution in [-0.2, 0) is 29.3 Å². The zero-order chi connectivity index (χ0) is 19.0. The van der Waals surface area contributed by atoms with Gasteiger partial charge in [-0.15, -0.1) is 0 Å². The predicted octanol–water partition coefficient (Wildman–Crippen LogP) is 2.23. The van der Waals surface area contributed by atoms with E-state index in [-0.39, 0.29) is 11.0 Å². The summed E-state index contributed by atoms with van der Waals surface area (Å²) >= 11 is 0. The molecule has 0 amide bonds. The van der Waals surface area contributed by atoms with Crippen LogP contribution in [0.3, 0.4) is 0 Å². The molecule has 0 aliphatic carbocycles. The molecule has 9 heteroatoms. The molecule has 4 rings (SSSR count). The fraction of sp³-hybridized carbons (Fsp3) is 0.278. The molecule has 1 aromatic carbocycles. The molecule has 140 valence electrons. The van der Waals surface area contributed by atoms with Crippen molar-refractivity contribution in [2.45, 2.75) is 24.7 Å². The Kier molecular flexibility index (Phi) is 4.48. The molecule has 3 heterocycles. The second-order valence-corrected chi connectivity index (χ2v) is 8.43. The summed E-state index contributed by atoms with van der Waals surface area (Å²) in [5.41, 5.74) is 2.51. The molecule has 0 fully saturated rings. The van der Waals surface area contributed by atoms with Crippen molar-refractivity contribution >= 4 is 9.84 Å². The largest absolute Gasteiger partial charge is 0.359 e. The van der Waals surface area contributed by atoms with E-state index >= 15 is 0 Å². The second kappa shape index (κ2) is 6.82. The Morgan fingerprint density at radius 2 is 2.11 bits per heavy atom. The zero-order valence-corrected chi connectivity index (χ0v) is 15.4. The van der Waals surface area contributed by atoms with Crippen LogP contribution in [0.25, 0.3) is 11.3 Å². The van der Waals surface area contributed by atoms with E-state index in [1.807, 2.05) is 0 Å². The third kappa shape index (κ3) is 3.74. The fourth-order valence-electron chi connectivity index (χ4n) is 3.07. The topological polar surface area (TPSA) is 89.2 Å². The molecule has 7 nitrogen and oxygen atoms in total. The molecular weight excluding hydrogens is 371 g/mol. The standard InChI is InChI=1S/C18H17FN4O3S/c1-27(24,25)18-20-9-12-10-23(7-6-16(12)21-18)11-13-8-17(22-26-13)14-4-2-3-5-15(14)19/h2-5,8-9H,6-7,10-11H2,1H3. The predicted molar refractivity (Wildman–Crippen MR) is 94.9 cm³/mol. The van der Waals surface area contributed by atoms with Crippen LogP contribution in [0, 0.1) is 5.82 Å². The number of hydrogen-bond donors (Lipinski definition) is 0. The summed E-state index contributed by atoms with van der Waals surface area (Å²) in [6, 6.07) is 8.15. The number of halogens is 1. The van der Waals surface area contributed by atoms with Crippen molar-refractivity contribution in [3.8, 4) is 11.3 Å². The van der Waals surface area contributed by atoms with Gasteiger partial charge in [-0.1, -0.05) is 17.3 Å². The first-order chi connectivity index (χ1) is 12.9. The van der Waals surface area contributed by atoms with Crippen LogP contribution in [0.1, 0.15) is 17.0 Å². The van der Waals surface area contributed by atoms with E-state index in [1.165, 1.54) is 6.07 Å². The maximum absolute atomic E-state index is 13.9. The maximum Gasteiger partial charge on any atom is 0.246 e. The van der Waals surface area contributed by atoms with Gasteiger partial charge in [-0.25, -0.2) is 22.8 Å². The molecule has 0 N–H and O–H groups in total. The summed E-state index contributed by atoms with van der Waals surface area (Å²) in [5.74, 6) is 0.286. The Balaban J connectivity index is 1.49. The van der Waals surface area contributed by atoms with Gasteiger partial charge in [-0.05, 0) is 12.1 Å². The Labute approximate surface area is 155 Å². The molecule has 1 aliphatic rings. The molecule has 0 saturated carbocycles. The van der Waals surface area contributed by atoms with Crippen molar-refractivity contribution in [3.05, 3.63) is 59.4 Å². The molecule has 0 bridgehead atoms. The molecular formula is C18H17FN4O3S. The first-order valence-corrected chi connectivity index (χ1v) is 10.3. The quantitative estimate of drug-likeness (QED) is 0.633. The summed E-state index contributed by atoms with van der Waals surface area (Å²) < 4.78 is 42.4. The third-order valence-corrected chi connectivity index (χ3v) is 5.27. The second-order valence-electron chi connectivity index (χ2n) is 6.52. The molecule has 3 aromatic rings. The SMILES string of the molecule is CS(=O)(=O)c1ncc2c(n1)CCN(Cc1cc(-c3ccccc3F)no1)C2. The first-order valence-electron chi connectivity index (χ1n) is 8.38. The Morgan fingerprint density at radius 3 is 2.89 bits per heavy atom. The zero-order valence-electron chi connectivity index (χ0n) is 14.6. The first kappa shape index (κ1) is 17.7. The van der Waals surface area contributed by atoms with Crippen LogP contribution in [-0.4, -0.2) is 41.2 Å². The number of benzene rings is 1. The van der Waals surface area contributed by atoms with Gasteiger partial charge in [-0.3, -0.25) is 4.90 Å². The van der Waals surface area contributed by atoms with Crippen LogP contribution in [0.4, 0.5) is 4.39 Å². The van der Waals surface area contributed by atoms with Crippen LogP contribution in [0.15, 0.2) is 46.2 Å². The van der Waals surface area contributed by atoms with Gasteiger partial charge >= 0.3 is 0 Å². The van der Waals surface area contributed by atoms with Gasteiger partial charge in [0, 0.05) is 49.2 Å². The van der Waals surface area contributed by atoms with Crippen LogP contribution in [0.2, 0.25) is 0 Å². The Hall–Kier alpha value is -2.65. The molecule has 2 aromatic heterocycles. The molecule has 1 aliphatic heterocycles. The van der Waals surface area contributed by atoms with Crippen LogP contribution >= 0.6 is 0 Å². The minimum Gasteiger partial charge on any atom is -0.359 e. The molecule has 0 radical (unpaired) electrons. The van der Waals surface area contributed by atoms with Crippen LogP contribution in [0.5, 0.6) is 0 Å². The van der Waals surface area contributed by atoms with Gasteiger partial charge in [0.15, 0.2) is 5.76 Å². The van der Waals surface area contributed by atoms with E-state index in [0.29, 0.717) is 43.1 Å². The van der Waals surface area contributed by atoms with Crippen molar-refractivity contribution in [2.24, 2.45) is 0 Å². The lowest BCUT2D eigenvalue weighted by Gasteiger charge is -2.26. The molecule has 0 atom stereocenters. The van der Waals surface area contributed by atoms with Gasteiger partial charge in [0.2, 0.25) is 15.0 Å². The smallest absolute Gasteiger partial charge is 0.246 e. The van der Waals surface area contributed by atoms with E-state index in [9.17, 15) is 12.8 Å². The van der Waals surface area contributed by atoms with E-state index in [2.05, 4.69) is 20.0 Å². The summed E-state index contributed by atoms with van der Waals surface area (Å²) in [4.78, 5) is 10.3. The number of hydrogen-bond acceptors (Lipinski definition) is 7. The summed E-state index contributed by atoms with van der Waals surface area (Å²) in [7, 11) is -3.42. The molecule has 0 saturated heterocycles. The summed E-state index contributed by atoms with van der Waals surface area (Å²) in [6.45, 7) is 1.78. The number of sulfone groups is 1. The van der Waals surface area contributed by atoms with Crippen molar-refractivity contribution in [1.82, 2.24) is 20.0 Å². The molecule has 0 spiro atoms. The molecule has 0 unspecified atom stereocenters. The highest BCUT2D eigenvalue weighted by molar-refractivity contribution is 7.90. The number of rotatable bonds is 4. The van der Waals surface area contributed by atoms with Gasteiger partial charge in [0.05, 0.1) is 12.2 Å². The lowest BCUT2D eigenvalue weighted by molar-refractivity contribution is 0.212. The minimum absolute atomic E-state index is 0.139. The number of aromatic nitrogens is 3. The Morgan fingerprint density at radius 1 is 1.30 bits per heavy atom. The van der Waals surface area contributed by atoms with E-state index in [1.54, 1.807) is 30.5 Å². The van der Waals surface area contributed by atoms with Crippen molar-refractivity contribution in [3.63, 3.8) is 0 Å². The van der Waals surface area contributed by atoms with E-state index in [0.717, 1.165) is 17.5 Å². The van der Waals surface area contributed by atoms with Gasteiger partial charge < -0.3 is 4.52 Å². The highest BCUT2D eigenvalue weighted by atomic mass is 32.2. The maximum atomic E-state index is 13.9. The van der Waals surface area contributed by atoms with Crippen LogP contribution < -0.4 is 0 Å². The third-order valence-electron chi connectivity index (χ3n) is 4.41. The van der Waals surface area contributed by atoms with Gasteiger partial charge in [0.1, 0.15) is 11.5 Å². The average molecular weight is 388 g/mol. The Bertz CT molecular complexity index is 1100. The van der Waals surface area contributed by atoms with E-state index < -0.39 is 9.84 Å². The minimum atomic E-state index is -3.42. The lowest BCUT2D eigenvalue weighted by Crippen LogP contribution is -2.31. The fourth-order valence-corrected chi connectivity index (χ4v) is 3.59. The van der Waals surface area contributed by atoms with Crippen molar-refractivity contribution < 1.29 is 17.3 Å². The van der Waals surface area contributed by atoms with Gasteiger partial charge in [-0.2, -0.15) is 0 Å². The average Bonchev–Trinajstić information content (AvgIpc) is 3.09. The molecule has 27 heavy (non-hydrogen) atoms. The summed E-state index contributed by atoms with van der Waals surface area (Å²) in [5, 5.41) is 3.82. The van der Waals surface area contributed by atoms with Gasteiger partial charge in [0.25, 0.3) is 0 Å². The van der Waals surface area contributed by atoms with Crippen molar-refractivity contribution in [2.75, 3.05) is 12.8 Å². The number of nitrogens with zero attached hydrogens (tertiary/aromatic N) is 4. The highest BCUT2D eigenvalue weighted by Crippen LogP contribution is 2.24. The van der Waals surface area contributed by atoms with Crippen molar-refractivity contribution in [1.29, 1.82) is 0 Å². The monoisotopic (exact) mass is 388 g/mol. The number of fused-ring (bicyclic) bond motifs is 1. The lowest BCUT2D eigenvalue weighted by atomic mass is 10.1.